The van der Waals surface area contributed by atoms with Crippen molar-refractivity contribution in [1.82, 2.24) is 20.2 Å². The van der Waals surface area contributed by atoms with Crippen LogP contribution in [0.3, 0.4) is 0 Å². The first-order valence-electron chi connectivity index (χ1n) is 8.53. The minimum absolute atomic E-state index is 0.632. The molecule has 27 heavy (non-hydrogen) atoms. The van der Waals surface area contributed by atoms with Crippen LogP contribution in [0, 0.1) is 0 Å². The third-order valence-electron chi connectivity index (χ3n) is 4.62. The monoisotopic (exact) mass is 368 g/mol. The number of para-hydroxylation sites is 2. The molecule has 0 unspecified atom stereocenters. The summed E-state index contributed by atoms with van der Waals surface area (Å²) in [7, 11) is 0. The summed E-state index contributed by atoms with van der Waals surface area (Å²) < 4.78 is 7.00. The van der Waals surface area contributed by atoms with Gasteiger partial charge in [-0.05, 0) is 48.5 Å². The lowest BCUT2D eigenvalue weighted by molar-refractivity contribution is 0.620. The summed E-state index contributed by atoms with van der Waals surface area (Å²) in [6, 6.07) is 20.1. The maximum atomic E-state index is 5.90. The molecule has 0 spiro atoms. The zero-order valence-corrected chi connectivity index (χ0v) is 14.8. The summed E-state index contributed by atoms with van der Waals surface area (Å²) in [6.45, 7) is 0. The largest absolute Gasteiger partial charge is 0.436 e. The van der Waals surface area contributed by atoms with Crippen molar-refractivity contribution >= 4 is 43.6 Å². The standard InChI is InChI=1S/C21H12N4OS/c1-2-4-18-16(3-1)23-20(26-18)12-5-8-17-19(10-12)27-21(24-17)13-6-7-15-14(9-13)11-22-25-15/h1-11H,(H,22,25). The smallest absolute Gasteiger partial charge is 0.227 e. The molecule has 0 aliphatic rings. The van der Waals surface area contributed by atoms with E-state index in [4.69, 9.17) is 9.40 Å². The Balaban J connectivity index is 1.46. The zero-order valence-electron chi connectivity index (χ0n) is 14.0. The molecule has 0 fully saturated rings. The Labute approximate surface area is 157 Å². The van der Waals surface area contributed by atoms with E-state index in [1.807, 2.05) is 48.7 Å². The van der Waals surface area contributed by atoms with Gasteiger partial charge in [0.1, 0.15) is 10.5 Å². The average molecular weight is 368 g/mol. The average Bonchev–Trinajstić information content (AvgIpc) is 3.42. The molecule has 5 nitrogen and oxygen atoms in total. The SMILES string of the molecule is c1ccc2oc(-c3ccc4nc(-c5ccc6[nH]ncc6c5)sc4c3)nc2c1. The van der Waals surface area contributed by atoms with E-state index in [9.17, 15) is 0 Å². The van der Waals surface area contributed by atoms with Crippen LogP contribution in [0.25, 0.3) is 54.2 Å². The van der Waals surface area contributed by atoms with E-state index >= 15 is 0 Å². The topological polar surface area (TPSA) is 67.6 Å². The molecule has 1 N–H and O–H groups in total. The number of hydrogen-bond donors (Lipinski definition) is 1. The van der Waals surface area contributed by atoms with Crippen LogP contribution in [-0.4, -0.2) is 20.2 Å². The maximum absolute atomic E-state index is 5.90. The number of fused-ring (bicyclic) bond motifs is 3. The number of nitrogens with one attached hydrogen (secondary N) is 1. The number of rotatable bonds is 2. The first-order chi connectivity index (χ1) is 13.3. The molecule has 3 aromatic heterocycles. The maximum Gasteiger partial charge on any atom is 0.227 e. The third-order valence-corrected chi connectivity index (χ3v) is 5.68. The number of aromatic nitrogens is 4. The normalized spacial score (nSPS) is 11.7. The predicted octanol–water partition coefficient (Wildman–Crippen LogP) is 5.65. The van der Waals surface area contributed by atoms with Crippen molar-refractivity contribution < 1.29 is 4.42 Å². The Hall–Kier alpha value is -3.51. The van der Waals surface area contributed by atoms with E-state index in [0.29, 0.717) is 5.89 Å². The molecule has 0 bridgehead atoms. The van der Waals surface area contributed by atoms with Crippen molar-refractivity contribution in [3.8, 4) is 22.0 Å². The van der Waals surface area contributed by atoms with Crippen molar-refractivity contribution in [2.24, 2.45) is 0 Å². The fourth-order valence-corrected chi connectivity index (χ4v) is 4.25. The highest BCUT2D eigenvalue weighted by Gasteiger charge is 2.12. The van der Waals surface area contributed by atoms with Gasteiger partial charge in [-0.1, -0.05) is 12.1 Å². The van der Waals surface area contributed by atoms with Gasteiger partial charge in [-0.25, -0.2) is 9.97 Å². The second-order valence-corrected chi connectivity index (χ2v) is 7.39. The highest BCUT2D eigenvalue weighted by molar-refractivity contribution is 7.21. The molecule has 128 valence electrons. The molecule has 6 rings (SSSR count). The van der Waals surface area contributed by atoms with E-state index in [1.54, 1.807) is 11.3 Å². The summed E-state index contributed by atoms with van der Waals surface area (Å²) in [5.41, 5.74) is 5.71. The lowest BCUT2D eigenvalue weighted by atomic mass is 10.2. The number of hydrogen-bond acceptors (Lipinski definition) is 5. The molecule has 0 atom stereocenters. The quantitative estimate of drug-likeness (QED) is 0.429. The first kappa shape index (κ1) is 14.6. The summed E-state index contributed by atoms with van der Waals surface area (Å²) in [5, 5.41) is 9.13. The highest BCUT2D eigenvalue weighted by Crippen LogP contribution is 2.34. The van der Waals surface area contributed by atoms with Gasteiger partial charge in [0, 0.05) is 16.5 Å². The van der Waals surface area contributed by atoms with E-state index in [2.05, 4.69) is 33.4 Å². The molecule has 0 aliphatic carbocycles. The van der Waals surface area contributed by atoms with Crippen molar-refractivity contribution in [3.63, 3.8) is 0 Å². The van der Waals surface area contributed by atoms with Crippen molar-refractivity contribution in [2.45, 2.75) is 0 Å². The molecule has 0 saturated carbocycles. The summed E-state index contributed by atoms with van der Waals surface area (Å²) in [4.78, 5) is 9.38. The molecule has 0 radical (unpaired) electrons. The van der Waals surface area contributed by atoms with E-state index in [0.717, 1.165) is 48.4 Å². The van der Waals surface area contributed by atoms with Gasteiger partial charge in [-0.2, -0.15) is 5.10 Å². The van der Waals surface area contributed by atoms with Crippen LogP contribution in [0.15, 0.2) is 71.3 Å². The van der Waals surface area contributed by atoms with Gasteiger partial charge in [0.25, 0.3) is 0 Å². The number of thiazole rings is 1. The number of nitrogens with zero attached hydrogens (tertiary/aromatic N) is 3. The number of oxazole rings is 1. The van der Waals surface area contributed by atoms with Gasteiger partial charge in [0.2, 0.25) is 5.89 Å². The lowest BCUT2D eigenvalue weighted by Gasteiger charge is -1.95. The second-order valence-electron chi connectivity index (χ2n) is 6.36. The van der Waals surface area contributed by atoms with E-state index in [-0.39, 0.29) is 0 Å². The Kier molecular flexibility index (Phi) is 2.98. The van der Waals surface area contributed by atoms with Crippen LogP contribution in [0.1, 0.15) is 0 Å². The first-order valence-corrected chi connectivity index (χ1v) is 9.35. The number of aromatic amines is 1. The molecule has 6 aromatic rings. The summed E-state index contributed by atoms with van der Waals surface area (Å²) in [6.07, 6.45) is 1.83. The Bertz CT molecular complexity index is 1410. The van der Waals surface area contributed by atoms with Crippen LogP contribution in [0.4, 0.5) is 0 Å². The van der Waals surface area contributed by atoms with E-state index in [1.165, 1.54) is 0 Å². The lowest BCUT2D eigenvalue weighted by Crippen LogP contribution is -1.77. The fraction of sp³-hybridized carbons (Fsp3) is 0. The highest BCUT2D eigenvalue weighted by atomic mass is 32.1. The van der Waals surface area contributed by atoms with Crippen LogP contribution in [0.2, 0.25) is 0 Å². The van der Waals surface area contributed by atoms with Gasteiger partial charge in [-0.3, -0.25) is 5.10 Å². The second kappa shape index (κ2) is 5.49. The van der Waals surface area contributed by atoms with Crippen molar-refractivity contribution in [2.75, 3.05) is 0 Å². The zero-order chi connectivity index (χ0) is 17.8. The molecule has 3 heterocycles. The number of H-pyrrole nitrogens is 1. The molecule has 0 amide bonds. The minimum Gasteiger partial charge on any atom is -0.436 e. The van der Waals surface area contributed by atoms with Crippen LogP contribution < -0.4 is 0 Å². The Morgan fingerprint density at radius 3 is 2.74 bits per heavy atom. The Morgan fingerprint density at radius 2 is 1.78 bits per heavy atom. The van der Waals surface area contributed by atoms with Gasteiger partial charge >= 0.3 is 0 Å². The molecular weight excluding hydrogens is 356 g/mol. The van der Waals surface area contributed by atoms with Gasteiger partial charge in [0.15, 0.2) is 5.58 Å². The molecule has 0 saturated heterocycles. The van der Waals surface area contributed by atoms with Gasteiger partial charge in [-0.15, -0.1) is 11.3 Å². The Morgan fingerprint density at radius 1 is 0.852 bits per heavy atom. The summed E-state index contributed by atoms with van der Waals surface area (Å²) >= 11 is 1.67. The predicted molar refractivity (Wildman–Crippen MR) is 108 cm³/mol. The van der Waals surface area contributed by atoms with Crippen LogP contribution >= 0.6 is 11.3 Å². The third kappa shape index (κ3) is 2.34. The van der Waals surface area contributed by atoms with Crippen LogP contribution in [0.5, 0.6) is 0 Å². The van der Waals surface area contributed by atoms with Gasteiger partial charge in [0.05, 0.1) is 21.9 Å². The molecular formula is C21H12N4OS. The van der Waals surface area contributed by atoms with Crippen molar-refractivity contribution in [3.05, 3.63) is 66.9 Å². The van der Waals surface area contributed by atoms with E-state index < -0.39 is 0 Å². The molecule has 6 heteroatoms. The number of benzene rings is 3. The van der Waals surface area contributed by atoms with Gasteiger partial charge < -0.3 is 4.42 Å². The van der Waals surface area contributed by atoms with Crippen LogP contribution in [-0.2, 0) is 0 Å². The van der Waals surface area contributed by atoms with Crippen molar-refractivity contribution in [1.29, 1.82) is 0 Å². The summed E-state index contributed by atoms with van der Waals surface area (Å²) in [5.74, 6) is 0.632. The molecule has 3 aromatic carbocycles. The molecule has 0 aliphatic heterocycles. The fourth-order valence-electron chi connectivity index (χ4n) is 3.25. The minimum atomic E-state index is 0.632.